The van der Waals surface area contributed by atoms with E-state index in [-0.39, 0.29) is 41.5 Å². The van der Waals surface area contributed by atoms with Gasteiger partial charge in [0.25, 0.3) is 5.56 Å². The predicted molar refractivity (Wildman–Crippen MR) is 201 cm³/mol. The first-order chi connectivity index (χ1) is 25.1. The van der Waals surface area contributed by atoms with Crippen LogP contribution in [0.15, 0.2) is 76.3 Å². The first-order valence-corrected chi connectivity index (χ1v) is 18.3. The number of aliphatic carboxylic acids is 1. The van der Waals surface area contributed by atoms with Crippen LogP contribution >= 0.6 is 0 Å². The van der Waals surface area contributed by atoms with Crippen LogP contribution in [0.3, 0.4) is 0 Å². The highest BCUT2D eigenvalue weighted by atomic mass is 16.6. The lowest BCUT2D eigenvalue weighted by Gasteiger charge is -2.38. The second-order valence-corrected chi connectivity index (χ2v) is 15.0. The van der Waals surface area contributed by atoms with Crippen molar-refractivity contribution in [1.82, 2.24) is 24.7 Å². The second-order valence-electron chi connectivity index (χ2n) is 15.0. The molecule has 13 heteroatoms. The number of aromatic amines is 1. The summed E-state index contributed by atoms with van der Waals surface area (Å²) in [7, 11) is 0. The topological polar surface area (TPSA) is 171 Å². The number of piperazine rings is 1. The fourth-order valence-electron chi connectivity index (χ4n) is 6.65. The van der Waals surface area contributed by atoms with Gasteiger partial charge in [-0.1, -0.05) is 74.5 Å². The van der Waals surface area contributed by atoms with Gasteiger partial charge >= 0.3 is 17.8 Å². The number of hydrogen-bond donors (Lipinski definition) is 3. The summed E-state index contributed by atoms with van der Waals surface area (Å²) >= 11 is 0. The Morgan fingerprint density at radius 3 is 1.96 bits per heavy atom. The van der Waals surface area contributed by atoms with E-state index in [2.05, 4.69) is 10.3 Å². The minimum atomic E-state index is -0.982. The van der Waals surface area contributed by atoms with Crippen molar-refractivity contribution in [1.29, 1.82) is 0 Å². The lowest BCUT2D eigenvalue weighted by Crippen LogP contribution is -2.53. The van der Waals surface area contributed by atoms with Crippen molar-refractivity contribution in [3.05, 3.63) is 93.1 Å². The van der Waals surface area contributed by atoms with E-state index in [4.69, 9.17) is 9.84 Å². The van der Waals surface area contributed by atoms with E-state index >= 15 is 0 Å². The van der Waals surface area contributed by atoms with Gasteiger partial charge in [0.1, 0.15) is 5.60 Å². The maximum atomic E-state index is 13.0. The number of carbonyl (C=O) groups is 4. The molecule has 1 aromatic heterocycles. The van der Waals surface area contributed by atoms with Gasteiger partial charge in [-0.15, -0.1) is 0 Å². The standard InChI is InChI=1S/C26H34N4O4.C14H19NO4/c1-18(2)24(32)28-12-14-29(15-13-28)25(33)21-10-8-19(9-11-21)17-30-23(31)16-22(27-26(30)34)20-6-4-3-5-7-20;1-14(2,3)19-13(18)15-11(9-12(16)17)10-7-5-4-6-8-10/h3-7,16,18-19,21H,8-15,17H2,1-2H3,(H,27,34);4-8,11H,9H2,1-3H3,(H,15,18)(H,16,17). The predicted octanol–water partition coefficient (Wildman–Crippen LogP) is 5.06. The molecule has 0 spiro atoms. The number of carboxylic acid groups (broad SMARTS) is 1. The number of alkyl carbamates (subject to hydrolysis) is 1. The van der Waals surface area contributed by atoms with Crippen LogP contribution in [0.1, 0.15) is 78.3 Å². The lowest BCUT2D eigenvalue weighted by atomic mass is 9.81. The Balaban J connectivity index is 0.000000281. The van der Waals surface area contributed by atoms with Crippen LogP contribution in [-0.2, 0) is 25.7 Å². The van der Waals surface area contributed by atoms with E-state index in [9.17, 15) is 28.8 Å². The average Bonchev–Trinajstić information content (AvgIpc) is 3.12. The number of nitrogens with one attached hydrogen (secondary N) is 2. The maximum absolute atomic E-state index is 13.0. The summed E-state index contributed by atoms with van der Waals surface area (Å²) in [6.07, 6.45) is 2.35. The van der Waals surface area contributed by atoms with Crippen LogP contribution in [0.25, 0.3) is 11.3 Å². The van der Waals surface area contributed by atoms with E-state index in [1.165, 1.54) is 10.6 Å². The zero-order valence-electron chi connectivity index (χ0n) is 31.4. The molecule has 2 aliphatic rings. The van der Waals surface area contributed by atoms with Gasteiger partial charge in [-0.3, -0.25) is 23.7 Å². The monoisotopic (exact) mass is 731 g/mol. The molecule has 1 saturated carbocycles. The number of nitrogens with zero attached hydrogens (tertiary/aromatic N) is 3. The molecule has 3 N–H and O–H groups in total. The second kappa shape index (κ2) is 18.5. The highest BCUT2D eigenvalue weighted by Gasteiger charge is 2.32. The molecule has 1 aliphatic heterocycles. The SMILES string of the molecule is CC(C)(C)OC(=O)NC(CC(=O)O)c1ccccc1.CC(C)C(=O)N1CCN(C(=O)C2CCC(Cn3c(=O)cc(-c4ccccc4)[nH]c3=O)CC2)CC1. The molecule has 1 unspecified atom stereocenters. The summed E-state index contributed by atoms with van der Waals surface area (Å²) in [6.45, 7) is 11.8. The molecule has 1 saturated heterocycles. The van der Waals surface area contributed by atoms with E-state index in [0.29, 0.717) is 38.4 Å². The number of H-pyrrole nitrogens is 1. The minimum Gasteiger partial charge on any atom is -0.481 e. The third kappa shape index (κ3) is 12.2. The highest BCUT2D eigenvalue weighted by molar-refractivity contribution is 5.81. The molecule has 5 rings (SSSR count). The van der Waals surface area contributed by atoms with Crippen LogP contribution in [0.5, 0.6) is 0 Å². The normalized spacial score (nSPS) is 18.0. The molecule has 2 fully saturated rings. The molecule has 1 aliphatic carbocycles. The van der Waals surface area contributed by atoms with Gasteiger partial charge in [-0.2, -0.15) is 0 Å². The van der Waals surface area contributed by atoms with E-state index in [0.717, 1.165) is 36.8 Å². The van der Waals surface area contributed by atoms with Crippen molar-refractivity contribution < 1.29 is 29.0 Å². The average molecular weight is 732 g/mol. The first-order valence-electron chi connectivity index (χ1n) is 18.3. The molecular formula is C40H53N5O8. The van der Waals surface area contributed by atoms with Crippen LogP contribution in [-0.4, -0.2) is 80.1 Å². The fraction of sp³-hybridized carbons (Fsp3) is 0.500. The summed E-state index contributed by atoms with van der Waals surface area (Å²) in [6, 6.07) is 19.2. The maximum Gasteiger partial charge on any atom is 0.408 e. The summed E-state index contributed by atoms with van der Waals surface area (Å²) in [4.78, 5) is 79.6. The molecule has 286 valence electrons. The zero-order valence-corrected chi connectivity index (χ0v) is 31.4. The van der Waals surface area contributed by atoms with E-state index in [1.54, 1.807) is 45.0 Å². The number of benzene rings is 2. The minimum absolute atomic E-state index is 0.0148. The molecule has 0 radical (unpaired) electrons. The Morgan fingerprint density at radius 1 is 0.868 bits per heavy atom. The van der Waals surface area contributed by atoms with Crippen molar-refractivity contribution in [3.63, 3.8) is 0 Å². The fourth-order valence-corrected chi connectivity index (χ4v) is 6.65. The number of rotatable bonds is 9. The molecular weight excluding hydrogens is 678 g/mol. The quantitative estimate of drug-likeness (QED) is 0.274. The Labute approximate surface area is 310 Å². The highest BCUT2D eigenvalue weighted by Crippen LogP contribution is 2.31. The van der Waals surface area contributed by atoms with Crippen molar-refractivity contribution in [2.24, 2.45) is 17.8 Å². The van der Waals surface area contributed by atoms with Gasteiger partial charge in [0.2, 0.25) is 11.8 Å². The Bertz CT molecular complexity index is 1770. The summed E-state index contributed by atoms with van der Waals surface area (Å²) < 4.78 is 6.41. The Kier molecular flexibility index (Phi) is 14.2. The van der Waals surface area contributed by atoms with Gasteiger partial charge in [0, 0.05) is 50.6 Å². The summed E-state index contributed by atoms with van der Waals surface area (Å²) in [5, 5.41) is 11.5. The number of ether oxygens (including phenoxy) is 1. The third-order valence-electron chi connectivity index (χ3n) is 9.41. The van der Waals surface area contributed by atoms with Gasteiger partial charge in [-0.05, 0) is 63.5 Å². The molecule has 3 amide bonds. The third-order valence-corrected chi connectivity index (χ3v) is 9.41. The van der Waals surface area contributed by atoms with Gasteiger partial charge in [-0.25, -0.2) is 9.59 Å². The zero-order chi connectivity index (χ0) is 38.7. The van der Waals surface area contributed by atoms with Crippen LogP contribution < -0.4 is 16.6 Å². The van der Waals surface area contributed by atoms with Gasteiger partial charge in [0.05, 0.1) is 18.2 Å². The molecule has 13 nitrogen and oxygen atoms in total. The van der Waals surface area contributed by atoms with Crippen molar-refractivity contribution in [2.45, 2.75) is 84.9 Å². The molecule has 2 aromatic carbocycles. The molecule has 3 aromatic rings. The van der Waals surface area contributed by atoms with Crippen LogP contribution in [0.2, 0.25) is 0 Å². The van der Waals surface area contributed by atoms with Crippen LogP contribution in [0.4, 0.5) is 4.79 Å². The summed E-state index contributed by atoms with van der Waals surface area (Å²) in [5.74, 6) is -0.492. The molecule has 1 atom stereocenters. The van der Waals surface area contributed by atoms with Crippen molar-refractivity contribution in [2.75, 3.05) is 26.2 Å². The Hall–Kier alpha value is -5.20. The van der Waals surface area contributed by atoms with Crippen LogP contribution in [0, 0.1) is 17.8 Å². The van der Waals surface area contributed by atoms with E-state index < -0.39 is 29.4 Å². The number of carboxylic acids is 1. The first kappa shape index (κ1) is 40.6. The molecule has 2 heterocycles. The van der Waals surface area contributed by atoms with E-state index in [1.807, 2.05) is 60.0 Å². The number of aromatic nitrogens is 2. The number of amides is 3. The van der Waals surface area contributed by atoms with Crippen molar-refractivity contribution >= 4 is 23.9 Å². The summed E-state index contributed by atoms with van der Waals surface area (Å²) in [5.41, 5.74) is 0.756. The number of hydrogen-bond acceptors (Lipinski definition) is 7. The largest absolute Gasteiger partial charge is 0.481 e. The lowest BCUT2D eigenvalue weighted by molar-refractivity contribution is -0.144. The molecule has 0 bridgehead atoms. The Morgan fingerprint density at radius 2 is 1.43 bits per heavy atom. The molecule has 53 heavy (non-hydrogen) atoms. The smallest absolute Gasteiger partial charge is 0.408 e. The number of carbonyl (C=O) groups excluding carboxylic acids is 3. The van der Waals surface area contributed by atoms with Gasteiger partial charge in [0.15, 0.2) is 0 Å². The van der Waals surface area contributed by atoms with Crippen molar-refractivity contribution in [3.8, 4) is 11.3 Å². The van der Waals surface area contributed by atoms with Gasteiger partial charge < -0.3 is 29.9 Å².